The molecule has 6 nitrogen and oxygen atoms in total. The number of amides is 1. The Hall–Kier alpha value is -3.93. The molecule has 0 bridgehead atoms. The number of carbonyl (C=O) groups is 1. The monoisotopic (exact) mass is 494 g/mol. The highest BCUT2D eigenvalue weighted by molar-refractivity contribution is 5.80. The molecule has 2 heterocycles. The fourth-order valence-corrected chi connectivity index (χ4v) is 5.16. The highest BCUT2D eigenvalue weighted by Crippen LogP contribution is 2.22. The second kappa shape index (κ2) is 11.0. The zero-order valence-corrected chi connectivity index (χ0v) is 21.6. The van der Waals surface area contributed by atoms with Crippen LogP contribution < -0.4 is 15.8 Å². The largest absolute Gasteiger partial charge is 0.355 e. The molecule has 5 rings (SSSR count). The van der Waals surface area contributed by atoms with E-state index in [0.29, 0.717) is 25.5 Å². The number of aryl methyl sites for hydroxylation is 2. The number of para-hydroxylation sites is 2. The van der Waals surface area contributed by atoms with Gasteiger partial charge in [0.25, 0.3) is 5.56 Å². The lowest BCUT2D eigenvalue weighted by Crippen LogP contribution is -2.46. The summed E-state index contributed by atoms with van der Waals surface area (Å²) in [6, 6.07) is 24.3. The Kier molecular flexibility index (Phi) is 7.35. The Morgan fingerprint density at radius 3 is 2.57 bits per heavy atom. The predicted molar refractivity (Wildman–Crippen MR) is 149 cm³/mol. The fraction of sp³-hybridized carbons (Fsp3) is 0.323. The highest BCUT2D eigenvalue weighted by Gasteiger charge is 2.28. The summed E-state index contributed by atoms with van der Waals surface area (Å²) in [5, 5.41) is 3.12. The molecule has 6 heteroatoms. The maximum atomic E-state index is 13.7. The van der Waals surface area contributed by atoms with Crippen molar-refractivity contribution in [3.63, 3.8) is 0 Å². The molecule has 1 aliphatic rings. The highest BCUT2D eigenvalue weighted by atomic mass is 16.2. The van der Waals surface area contributed by atoms with E-state index in [-0.39, 0.29) is 17.4 Å². The summed E-state index contributed by atoms with van der Waals surface area (Å²) in [6.07, 6.45) is 2.48. The van der Waals surface area contributed by atoms with Gasteiger partial charge in [0.15, 0.2) is 5.82 Å². The molecule has 1 amide bonds. The van der Waals surface area contributed by atoms with Crippen LogP contribution in [0.15, 0.2) is 77.6 Å². The van der Waals surface area contributed by atoms with E-state index in [1.54, 1.807) is 0 Å². The molecule has 1 aromatic heterocycles. The third-order valence-electron chi connectivity index (χ3n) is 7.34. The van der Waals surface area contributed by atoms with Gasteiger partial charge in [0, 0.05) is 19.6 Å². The van der Waals surface area contributed by atoms with Gasteiger partial charge in [-0.1, -0.05) is 66.2 Å². The van der Waals surface area contributed by atoms with Gasteiger partial charge in [0.05, 0.1) is 23.5 Å². The number of hydrogen-bond donors (Lipinski definition) is 1. The second-order valence-electron chi connectivity index (χ2n) is 10.1. The maximum Gasteiger partial charge on any atom is 0.294 e. The Balaban J connectivity index is 1.34. The first kappa shape index (κ1) is 24.8. The molecular formula is C31H34N4O2. The van der Waals surface area contributed by atoms with Crippen LogP contribution in [0.5, 0.6) is 0 Å². The van der Waals surface area contributed by atoms with Crippen molar-refractivity contribution in [2.24, 2.45) is 5.92 Å². The number of nitrogens with zero attached hydrogens (tertiary/aromatic N) is 3. The predicted octanol–water partition coefficient (Wildman–Crippen LogP) is 4.64. The minimum absolute atomic E-state index is 0.0547. The van der Waals surface area contributed by atoms with Crippen LogP contribution in [0.4, 0.5) is 5.82 Å². The van der Waals surface area contributed by atoms with Gasteiger partial charge in [0.2, 0.25) is 5.91 Å². The number of rotatable bonds is 7. The van der Waals surface area contributed by atoms with Crippen LogP contribution in [-0.2, 0) is 17.8 Å². The van der Waals surface area contributed by atoms with Crippen molar-refractivity contribution in [2.45, 2.75) is 39.7 Å². The van der Waals surface area contributed by atoms with Crippen molar-refractivity contribution < 1.29 is 4.79 Å². The van der Waals surface area contributed by atoms with Crippen LogP contribution in [0.1, 0.15) is 35.1 Å². The number of fused-ring (bicyclic) bond motifs is 1. The Morgan fingerprint density at radius 2 is 1.76 bits per heavy atom. The van der Waals surface area contributed by atoms with Crippen molar-refractivity contribution in [1.29, 1.82) is 0 Å². The van der Waals surface area contributed by atoms with Crippen LogP contribution in [0, 0.1) is 19.8 Å². The van der Waals surface area contributed by atoms with E-state index in [0.717, 1.165) is 42.4 Å². The van der Waals surface area contributed by atoms with Crippen LogP contribution in [0.25, 0.3) is 11.0 Å². The molecule has 0 radical (unpaired) electrons. The Bertz CT molecular complexity index is 1460. The molecule has 3 aromatic carbocycles. The fourth-order valence-electron chi connectivity index (χ4n) is 5.16. The average molecular weight is 495 g/mol. The van der Waals surface area contributed by atoms with Gasteiger partial charge in [-0.3, -0.25) is 14.2 Å². The standard InChI is InChI=1S/C31H34N4O2/c1-22-13-15-24(16-14-22)20-35-28-12-6-5-11-27(28)33-29(31(35)37)34-19-7-10-26(21-34)30(36)32-18-17-25-9-4-3-8-23(25)2/h3-6,8-9,11-16,26H,7,10,17-21H2,1-2H3,(H,32,36)/t26-/m1/s1. The minimum atomic E-state index is -0.163. The number of nitrogens with one attached hydrogen (secondary N) is 1. The van der Waals surface area contributed by atoms with E-state index in [4.69, 9.17) is 4.98 Å². The van der Waals surface area contributed by atoms with E-state index >= 15 is 0 Å². The number of benzene rings is 3. The van der Waals surface area contributed by atoms with E-state index in [1.807, 2.05) is 45.9 Å². The van der Waals surface area contributed by atoms with Crippen molar-refractivity contribution in [1.82, 2.24) is 14.9 Å². The van der Waals surface area contributed by atoms with E-state index in [2.05, 4.69) is 55.6 Å². The lowest BCUT2D eigenvalue weighted by atomic mass is 9.97. The zero-order chi connectivity index (χ0) is 25.8. The molecule has 0 spiro atoms. The van der Waals surface area contributed by atoms with E-state index < -0.39 is 0 Å². The van der Waals surface area contributed by atoms with Crippen molar-refractivity contribution >= 4 is 22.8 Å². The van der Waals surface area contributed by atoms with Gasteiger partial charge in [-0.15, -0.1) is 0 Å². The van der Waals surface area contributed by atoms with Crippen LogP contribution in [-0.4, -0.2) is 35.1 Å². The topological polar surface area (TPSA) is 67.2 Å². The third-order valence-corrected chi connectivity index (χ3v) is 7.34. The van der Waals surface area contributed by atoms with Gasteiger partial charge in [-0.2, -0.15) is 0 Å². The molecule has 0 aliphatic carbocycles. The normalized spacial score (nSPS) is 15.6. The van der Waals surface area contributed by atoms with Gasteiger partial charge in [-0.05, 0) is 61.9 Å². The molecular weight excluding hydrogens is 460 g/mol. The molecule has 4 aromatic rings. The minimum Gasteiger partial charge on any atom is -0.355 e. The lowest BCUT2D eigenvalue weighted by molar-refractivity contribution is -0.125. The first-order chi connectivity index (χ1) is 18.0. The SMILES string of the molecule is Cc1ccc(Cn2c(=O)c(N3CCC[C@@H](C(=O)NCCc4ccccc4C)C3)nc3ccccc32)cc1. The summed E-state index contributed by atoms with van der Waals surface area (Å²) < 4.78 is 1.81. The molecule has 1 fully saturated rings. The van der Waals surface area contributed by atoms with Crippen molar-refractivity contribution in [2.75, 3.05) is 24.5 Å². The number of piperidine rings is 1. The van der Waals surface area contributed by atoms with Gasteiger partial charge in [-0.25, -0.2) is 4.98 Å². The number of hydrogen-bond acceptors (Lipinski definition) is 4. The van der Waals surface area contributed by atoms with Gasteiger partial charge < -0.3 is 10.2 Å². The Morgan fingerprint density at radius 1 is 1.00 bits per heavy atom. The van der Waals surface area contributed by atoms with Crippen molar-refractivity contribution in [3.8, 4) is 0 Å². The zero-order valence-electron chi connectivity index (χ0n) is 21.6. The third kappa shape index (κ3) is 5.58. The molecule has 190 valence electrons. The lowest BCUT2D eigenvalue weighted by Gasteiger charge is -2.33. The van der Waals surface area contributed by atoms with Gasteiger partial charge >= 0.3 is 0 Å². The smallest absolute Gasteiger partial charge is 0.294 e. The Labute approximate surface area is 218 Å². The van der Waals surface area contributed by atoms with E-state index in [9.17, 15) is 9.59 Å². The molecule has 1 aliphatic heterocycles. The summed E-state index contributed by atoms with van der Waals surface area (Å²) >= 11 is 0. The van der Waals surface area contributed by atoms with Crippen LogP contribution in [0.2, 0.25) is 0 Å². The molecule has 1 atom stereocenters. The molecule has 0 unspecified atom stereocenters. The molecule has 0 saturated carbocycles. The number of aromatic nitrogens is 2. The summed E-state index contributed by atoms with van der Waals surface area (Å²) in [5.74, 6) is 0.325. The summed E-state index contributed by atoms with van der Waals surface area (Å²) in [6.45, 7) is 6.46. The number of anilines is 1. The van der Waals surface area contributed by atoms with Crippen LogP contribution >= 0.6 is 0 Å². The van der Waals surface area contributed by atoms with Crippen molar-refractivity contribution in [3.05, 3.63) is 105 Å². The quantitative estimate of drug-likeness (QED) is 0.407. The summed E-state index contributed by atoms with van der Waals surface area (Å²) in [5.41, 5.74) is 6.24. The first-order valence-electron chi connectivity index (χ1n) is 13.1. The van der Waals surface area contributed by atoms with Gasteiger partial charge in [0.1, 0.15) is 0 Å². The maximum absolute atomic E-state index is 13.7. The second-order valence-corrected chi connectivity index (χ2v) is 10.1. The van der Waals surface area contributed by atoms with E-state index in [1.165, 1.54) is 16.7 Å². The first-order valence-corrected chi connectivity index (χ1v) is 13.1. The number of carbonyl (C=O) groups excluding carboxylic acids is 1. The molecule has 1 N–H and O–H groups in total. The average Bonchev–Trinajstić information content (AvgIpc) is 2.92. The molecule has 1 saturated heterocycles. The molecule has 37 heavy (non-hydrogen) atoms. The van der Waals surface area contributed by atoms with Crippen LogP contribution in [0.3, 0.4) is 0 Å². The summed E-state index contributed by atoms with van der Waals surface area (Å²) in [4.78, 5) is 33.6. The summed E-state index contributed by atoms with van der Waals surface area (Å²) in [7, 11) is 0.